The molecule has 0 aliphatic carbocycles. The van der Waals surface area contributed by atoms with Gasteiger partial charge in [-0.05, 0) is 18.2 Å². The van der Waals surface area contributed by atoms with E-state index in [1.54, 1.807) is 12.1 Å². The van der Waals surface area contributed by atoms with E-state index in [2.05, 4.69) is 21.2 Å². The largest absolute Gasteiger partial charge is 0.398 e. The van der Waals surface area contributed by atoms with Gasteiger partial charge < -0.3 is 11.1 Å². The number of rotatable bonds is 3. The second-order valence-electron chi connectivity index (χ2n) is 4.01. The number of carbonyl (C=O) groups excluding carboxylic acids is 1. The van der Waals surface area contributed by atoms with E-state index in [0.29, 0.717) is 23.0 Å². The zero-order chi connectivity index (χ0) is 13.0. The fourth-order valence-corrected chi connectivity index (χ4v) is 4.65. The maximum Gasteiger partial charge on any atom is 0.253 e. The summed E-state index contributed by atoms with van der Waals surface area (Å²) in [7, 11) is 0. The first kappa shape index (κ1) is 14.1. The smallest absolute Gasteiger partial charge is 0.253 e. The Balaban J connectivity index is 1.92. The van der Waals surface area contributed by atoms with Crippen LogP contribution in [-0.4, -0.2) is 35.0 Å². The molecule has 0 spiro atoms. The van der Waals surface area contributed by atoms with E-state index in [9.17, 15) is 4.79 Å². The van der Waals surface area contributed by atoms with Crippen LogP contribution < -0.4 is 11.1 Å². The maximum atomic E-state index is 12.0. The van der Waals surface area contributed by atoms with Crippen LogP contribution in [0.25, 0.3) is 0 Å². The highest BCUT2D eigenvalue weighted by Crippen LogP contribution is 2.23. The van der Waals surface area contributed by atoms with Crippen molar-refractivity contribution in [1.29, 1.82) is 0 Å². The molecule has 1 aliphatic rings. The molecule has 18 heavy (non-hydrogen) atoms. The van der Waals surface area contributed by atoms with Crippen LogP contribution >= 0.6 is 39.5 Å². The number of hydrogen-bond donors (Lipinski definition) is 2. The van der Waals surface area contributed by atoms with Crippen molar-refractivity contribution in [3.63, 3.8) is 0 Å². The Kier molecular flexibility index (Phi) is 5.26. The Labute approximate surface area is 124 Å². The van der Waals surface area contributed by atoms with Gasteiger partial charge in [0.2, 0.25) is 0 Å². The number of carbonyl (C=O) groups is 1. The van der Waals surface area contributed by atoms with Crippen molar-refractivity contribution in [2.45, 2.75) is 5.25 Å². The number of hydrogen-bond acceptors (Lipinski definition) is 4. The topological polar surface area (TPSA) is 55.1 Å². The molecule has 3 N–H and O–H groups in total. The normalized spacial score (nSPS) is 19.5. The van der Waals surface area contributed by atoms with Crippen molar-refractivity contribution in [2.24, 2.45) is 0 Å². The number of amides is 1. The summed E-state index contributed by atoms with van der Waals surface area (Å²) >= 11 is 7.23. The molecule has 1 amide bonds. The fourth-order valence-electron chi connectivity index (χ4n) is 1.68. The third-order valence-electron chi connectivity index (χ3n) is 2.64. The molecule has 1 heterocycles. The third-order valence-corrected chi connectivity index (χ3v) is 5.97. The van der Waals surface area contributed by atoms with E-state index in [-0.39, 0.29) is 5.91 Å². The number of benzene rings is 1. The van der Waals surface area contributed by atoms with Crippen molar-refractivity contribution in [1.82, 2.24) is 5.32 Å². The minimum atomic E-state index is -0.0926. The van der Waals surface area contributed by atoms with E-state index in [1.807, 2.05) is 29.6 Å². The number of halogens is 1. The van der Waals surface area contributed by atoms with Crippen LogP contribution in [0.3, 0.4) is 0 Å². The number of thioether (sulfide) groups is 2. The van der Waals surface area contributed by atoms with Gasteiger partial charge in [0.15, 0.2) is 0 Å². The van der Waals surface area contributed by atoms with E-state index in [1.165, 1.54) is 11.5 Å². The summed E-state index contributed by atoms with van der Waals surface area (Å²) in [5.74, 6) is 3.40. The molecule has 1 atom stereocenters. The first-order chi connectivity index (χ1) is 8.66. The second-order valence-corrected chi connectivity index (χ2v) is 7.48. The molecule has 0 bridgehead atoms. The number of nitrogens with one attached hydrogen (secondary N) is 1. The van der Waals surface area contributed by atoms with Crippen LogP contribution in [-0.2, 0) is 0 Å². The SMILES string of the molecule is Nc1ccc(Br)cc1C(=O)NCC1CSCCS1. The van der Waals surface area contributed by atoms with E-state index < -0.39 is 0 Å². The van der Waals surface area contributed by atoms with Crippen LogP contribution in [0.1, 0.15) is 10.4 Å². The minimum Gasteiger partial charge on any atom is -0.398 e. The molecule has 0 saturated carbocycles. The van der Waals surface area contributed by atoms with Crippen molar-refractivity contribution < 1.29 is 4.79 Å². The van der Waals surface area contributed by atoms with Crippen LogP contribution in [0.15, 0.2) is 22.7 Å². The summed E-state index contributed by atoms with van der Waals surface area (Å²) in [5.41, 5.74) is 6.86. The molecular formula is C12H15BrN2OS2. The summed E-state index contributed by atoms with van der Waals surface area (Å²) in [4.78, 5) is 12.0. The summed E-state index contributed by atoms with van der Waals surface area (Å²) in [6.07, 6.45) is 0. The molecule has 1 aromatic carbocycles. The summed E-state index contributed by atoms with van der Waals surface area (Å²) in [5, 5.41) is 3.48. The van der Waals surface area contributed by atoms with Crippen LogP contribution in [0.2, 0.25) is 0 Å². The highest BCUT2D eigenvalue weighted by molar-refractivity contribution is 9.10. The third kappa shape index (κ3) is 3.83. The maximum absolute atomic E-state index is 12.0. The molecule has 0 radical (unpaired) electrons. The molecule has 1 aliphatic heterocycles. The van der Waals surface area contributed by atoms with Crippen molar-refractivity contribution in [3.8, 4) is 0 Å². The summed E-state index contributed by atoms with van der Waals surface area (Å²) in [6.45, 7) is 0.711. The predicted octanol–water partition coefficient (Wildman–Crippen LogP) is 2.61. The summed E-state index contributed by atoms with van der Waals surface area (Å²) in [6, 6.07) is 5.33. The van der Waals surface area contributed by atoms with Gasteiger partial charge in [0, 0.05) is 39.2 Å². The standard InChI is InChI=1S/C12H15BrN2OS2/c13-8-1-2-11(14)10(5-8)12(16)15-6-9-7-17-3-4-18-9/h1-2,5,9H,3-4,6-7,14H2,(H,15,16). The molecule has 1 fully saturated rings. The van der Waals surface area contributed by atoms with Gasteiger partial charge in [0.1, 0.15) is 0 Å². The highest BCUT2D eigenvalue weighted by atomic mass is 79.9. The van der Waals surface area contributed by atoms with Gasteiger partial charge in [-0.3, -0.25) is 4.79 Å². The number of nitrogen functional groups attached to an aromatic ring is 1. The number of nitrogens with two attached hydrogens (primary N) is 1. The molecule has 1 unspecified atom stereocenters. The van der Waals surface area contributed by atoms with Gasteiger partial charge >= 0.3 is 0 Å². The second kappa shape index (κ2) is 6.73. The fraction of sp³-hybridized carbons (Fsp3) is 0.417. The lowest BCUT2D eigenvalue weighted by Crippen LogP contribution is -2.33. The number of anilines is 1. The first-order valence-electron chi connectivity index (χ1n) is 5.69. The van der Waals surface area contributed by atoms with Crippen molar-refractivity contribution in [3.05, 3.63) is 28.2 Å². The first-order valence-corrected chi connectivity index (χ1v) is 8.69. The monoisotopic (exact) mass is 346 g/mol. The van der Waals surface area contributed by atoms with E-state index in [4.69, 9.17) is 5.73 Å². The minimum absolute atomic E-state index is 0.0926. The molecule has 3 nitrogen and oxygen atoms in total. The predicted molar refractivity (Wildman–Crippen MR) is 84.5 cm³/mol. The molecular weight excluding hydrogens is 332 g/mol. The van der Waals surface area contributed by atoms with Gasteiger partial charge in [0.05, 0.1) is 5.56 Å². The van der Waals surface area contributed by atoms with Gasteiger partial charge in [-0.25, -0.2) is 0 Å². The van der Waals surface area contributed by atoms with E-state index >= 15 is 0 Å². The average Bonchev–Trinajstić information content (AvgIpc) is 2.40. The lowest BCUT2D eigenvalue weighted by Gasteiger charge is -2.21. The quantitative estimate of drug-likeness (QED) is 0.826. The van der Waals surface area contributed by atoms with Crippen molar-refractivity contribution in [2.75, 3.05) is 29.5 Å². The Morgan fingerprint density at radius 1 is 1.50 bits per heavy atom. The molecule has 0 aromatic heterocycles. The molecule has 1 saturated heterocycles. The average molecular weight is 347 g/mol. The molecule has 1 aromatic rings. The molecule has 98 valence electrons. The Morgan fingerprint density at radius 3 is 3.06 bits per heavy atom. The van der Waals surface area contributed by atoms with Crippen molar-refractivity contribution >= 4 is 51.0 Å². The van der Waals surface area contributed by atoms with Gasteiger partial charge in [-0.2, -0.15) is 23.5 Å². The Morgan fingerprint density at radius 2 is 2.33 bits per heavy atom. The lowest BCUT2D eigenvalue weighted by molar-refractivity contribution is 0.0955. The van der Waals surface area contributed by atoms with Crippen LogP contribution in [0.5, 0.6) is 0 Å². The zero-order valence-corrected chi connectivity index (χ0v) is 13.0. The molecule has 2 rings (SSSR count). The Hall–Kier alpha value is -0.330. The lowest BCUT2D eigenvalue weighted by atomic mass is 10.1. The van der Waals surface area contributed by atoms with Gasteiger partial charge in [-0.1, -0.05) is 15.9 Å². The van der Waals surface area contributed by atoms with Gasteiger partial charge in [0.25, 0.3) is 5.91 Å². The highest BCUT2D eigenvalue weighted by Gasteiger charge is 2.16. The Bertz CT molecular complexity index is 436. The summed E-state index contributed by atoms with van der Waals surface area (Å²) < 4.78 is 0.865. The van der Waals surface area contributed by atoms with Gasteiger partial charge in [-0.15, -0.1) is 0 Å². The van der Waals surface area contributed by atoms with Crippen LogP contribution in [0.4, 0.5) is 5.69 Å². The molecule has 6 heteroatoms. The van der Waals surface area contributed by atoms with Crippen LogP contribution in [0, 0.1) is 0 Å². The van der Waals surface area contributed by atoms with E-state index in [0.717, 1.165) is 10.2 Å². The zero-order valence-electron chi connectivity index (χ0n) is 9.82.